The summed E-state index contributed by atoms with van der Waals surface area (Å²) in [7, 11) is 0. The van der Waals surface area contributed by atoms with Crippen molar-refractivity contribution >= 4 is 17.2 Å². The highest BCUT2D eigenvalue weighted by Gasteiger charge is 2.27. The summed E-state index contributed by atoms with van der Waals surface area (Å²) in [6.07, 6.45) is 8.02. The number of tetrazole rings is 1. The number of carbonyl (C=O) groups excluding carboxylic acids is 1. The van der Waals surface area contributed by atoms with E-state index < -0.39 is 0 Å². The quantitative estimate of drug-likeness (QED) is 0.786. The van der Waals surface area contributed by atoms with Crippen LogP contribution < -0.4 is 5.32 Å². The fraction of sp³-hybridized carbons (Fsp3) is 0.267. The van der Waals surface area contributed by atoms with E-state index in [1.165, 1.54) is 11.2 Å². The predicted molar refractivity (Wildman–Crippen MR) is 84.5 cm³/mol. The van der Waals surface area contributed by atoms with Gasteiger partial charge in [0.15, 0.2) is 0 Å². The van der Waals surface area contributed by atoms with E-state index in [9.17, 15) is 4.79 Å². The summed E-state index contributed by atoms with van der Waals surface area (Å²) in [6.45, 7) is 0.473. The van der Waals surface area contributed by atoms with Gasteiger partial charge in [-0.1, -0.05) is 0 Å². The van der Waals surface area contributed by atoms with Gasteiger partial charge in [0.1, 0.15) is 11.3 Å². The molecule has 23 heavy (non-hydrogen) atoms. The third kappa shape index (κ3) is 2.61. The van der Waals surface area contributed by atoms with E-state index in [1.807, 2.05) is 12.1 Å². The Hall–Kier alpha value is -2.61. The zero-order valence-electron chi connectivity index (χ0n) is 12.3. The Morgan fingerprint density at radius 3 is 2.96 bits per heavy atom. The van der Waals surface area contributed by atoms with Crippen LogP contribution in [0.1, 0.15) is 32.8 Å². The molecule has 1 aliphatic carbocycles. The van der Waals surface area contributed by atoms with Crippen molar-refractivity contribution in [3.63, 3.8) is 0 Å². The van der Waals surface area contributed by atoms with Gasteiger partial charge in [-0.3, -0.25) is 9.78 Å². The Morgan fingerprint density at radius 1 is 1.30 bits per heavy atom. The molecule has 0 atom stereocenters. The number of hydrogen-bond acceptors (Lipinski definition) is 6. The van der Waals surface area contributed by atoms with Crippen molar-refractivity contribution in [3.8, 4) is 5.00 Å². The third-order valence-corrected chi connectivity index (χ3v) is 5.17. The van der Waals surface area contributed by atoms with E-state index in [4.69, 9.17) is 0 Å². The topological polar surface area (TPSA) is 85.6 Å². The van der Waals surface area contributed by atoms with E-state index in [0.29, 0.717) is 12.1 Å². The summed E-state index contributed by atoms with van der Waals surface area (Å²) in [5, 5.41) is 15.1. The lowest BCUT2D eigenvalue weighted by atomic mass is 10.1. The summed E-state index contributed by atoms with van der Waals surface area (Å²) in [5.74, 6) is -0.0771. The summed E-state index contributed by atoms with van der Waals surface area (Å²) >= 11 is 1.61. The second kappa shape index (κ2) is 5.88. The molecule has 7 nitrogen and oxygen atoms in total. The van der Waals surface area contributed by atoms with Crippen LogP contribution in [0.5, 0.6) is 0 Å². The number of thiophene rings is 1. The summed E-state index contributed by atoms with van der Waals surface area (Å²) in [5.41, 5.74) is 2.88. The van der Waals surface area contributed by atoms with Gasteiger partial charge >= 0.3 is 0 Å². The Balaban J connectivity index is 1.63. The molecular formula is C15H14N6OS. The van der Waals surface area contributed by atoms with Gasteiger partial charge in [-0.05, 0) is 52.9 Å². The number of aromatic nitrogens is 5. The molecule has 0 fully saturated rings. The van der Waals surface area contributed by atoms with Crippen molar-refractivity contribution in [2.75, 3.05) is 0 Å². The van der Waals surface area contributed by atoms with Gasteiger partial charge < -0.3 is 5.32 Å². The van der Waals surface area contributed by atoms with Gasteiger partial charge in [0.25, 0.3) is 5.91 Å². The van der Waals surface area contributed by atoms with Crippen LogP contribution in [0.3, 0.4) is 0 Å². The molecule has 1 amide bonds. The molecule has 0 bridgehead atoms. The van der Waals surface area contributed by atoms with Crippen LogP contribution in [0, 0.1) is 0 Å². The number of nitrogens with zero attached hydrogens (tertiary/aromatic N) is 5. The standard InChI is InChI=1S/C15H14N6OS/c22-14(17-8-10-4-6-16-7-5-10)13-11-2-1-3-12(11)23-15(13)21-9-18-19-20-21/h4-7,9H,1-3,8H2,(H,17,22). The number of amides is 1. The van der Waals surface area contributed by atoms with E-state index in [0.717, 1.165) is 35.4 Å². The number of carbonyl (C=O) groups is 1. The monoisotopic (exact) mass is 326 g/mol. The van der Waals surface area contributed by atoms with Crippen molar-refractivity contribution < 1.29 is 4.79 Å². The van der Waals surface area contributed by atoms with Crippen molar-refractivity contribution in [2.45, 2.75) is 25.8 Å². The van der Waals surface area contributed by atoms with E-state index >= 15 is 0 Å². The Kier molecular flexibility index (Phi) is 3.58. The summed E-state index contributed by atoms with van der Waals surface area (Å²) in [4.78, 5) is 18.0. The number of pyridine rings is 1. The number of hydrogen-bond donors (Lipinski definition) is 1. The Labute approximate surface area is 136 Å². The van der Waals surface area contributed by atoms with Crippen molar-refractivity contribution in [1.82, 2.24) is 30.5 Å². The smallest absolute Gasteiger partial charge is 0.254 e. The number of nitrogens with one attached hydrogen (secondary N) is 1. The zero-order valence-corrected chi connectivity index (χ0v) is 13.1. The number of fused-ring (bicyclic) bond motifs is 1. The molecule has 4 rings (SSSR count). The van der Waals surface area contributed by atoms with Crippen LogP contribution in [0.4, 0.5) is 0 Å². The molecule has 1 N–H and O–H groups in total. The van der Waals surface area contributed by atoms with Gasteiger partial charge in [-0.25, -0.2) is 0 Å². The molecule has 3 aromatic rings. The molecule has 8 heteroatoms. The second-order valence-corrected chi connectivity index (χ2v) is 6.41. The summed E-state index contributed by atoms with van der Waals surface area (Å²) in [6, 6.07) is 3.78. The molecule has 0 unspecified atom stereocenters. The lowest BCUT2D eigenvalue weighted by molar-refractivity contribution is 0.0950. The average molecular weight is 326 g/mol. The molecule has 1 aliphatic rings. The van der Waals surface area contributed by atoms with Crippen LogP contribution in [-0.4, -0.2) is 31.1 Å². The Morgan fingerprint density at radius 2 is 2.17 bits per heavy atom. The number of rotatable bonds is 4. The van der Waals surface area contributed by atoms with E-state index in [1.54, 1.807) is 28.4 Å². The molecular weight excluding hydrogens is 312 g/mol. The summed E-state index contributed by atoms with van der Waals surface area (Å²) < 4.78 is 1.57. The number of aryl methyl sites for hydroxylation is 1. The van der Waals surface area contributed by atoms with Gasteiger partial charge in [0.2, 0.25) is 0 Å². The van der Waals surface area contributed by atoms with Crippen molar-refractivity contribution in [3.05, 3.63) is 52.4 Å². The molecule has 0 aliphatic heterocycles. The normalized spacial score (nSPS) is 13.0. The van der Waals surface area contributed by atoms with Gasteiger partial charge in [0, 0.05) is 23.8 Å². The SMILES string of the molecule is O=C(NCc1ccncc1)c1c(-n2cnnn2)sc2c1CCC2. The lowest BCUT2D eigenvalue weighted by Crippen LogP contribution is -2.24. The van der Waals surface area contributed by atoms with Gasteiger partial charge in [-0.15, -0.1) is 16.4 Å². The van der Waals surface area contributed by atoms with E-state index in [-0.39, 0.29) is 5.91 Å². The molecule has 0 radical (unpaired) electrons. The minimum atomic E-state index is -0.0771. The lowest BCUT2D eigenvalue weighted by Gasteiger charge is -2.08. The highest BCUT2D eigenvalue weighted by atomic mass is 32.1. The van der Waals surface area contributed by atoms with Crippen LogP contribution in [0.25, 0.3) is 5.00 Å². The first-order chi connectivity index (χ1) is 11.3. The van der Waals surface area contributed by atoms with Crippen molar-refractivity contribution in [1.29, 1.82) is 0 Å². The van der Waals surface area contributed by atoms with Gasteiger partial charge in [0.05, 0.1) is 5.56 Å². The maximum atomic E-state index is 12.8. The van der Waals surface area contributed by atoms with E-state index in [2.05, 4.69) is 25.8 Å². The fourth-order valence-electron chi connectivity index (χ4n) is 2.81. The van der Waals surface area contributed by atoms with Crippen LogP contribution in [-0.2, 0) is 19.4 Å². The molecule has 0 saturated heterocycles. The van der Waals surface area contributed by atoms with Crippen molar-refractivity contribution in [2.24, 2.45) is 0 Å². The first-order valence-electron chi connectivity index (χ1n) is 7.38. The highest BCUT2D eigenvalue weighted by molar-refractivity contribution is 7.15. The predicted octanol–water partition coefficient (Wildman–Crippen LogP) is 1.54. The average Bonchev–Trinajstić information content (AvgIpc) is 3.29. The van der Waals surface area contributed by atoms with Crippen LogP contribution in [0.15, 0.2) is 30.9 Å². The first kappa shape index (κ1) is 14.0. The van der Waals surface area contributed by atoms with Crippen LogP contribution >= 0.6 is 11.3 Å². The second-order valence-electron chi connectivity index (χ2n) is 5.33. The van der Waals surface area contributed by atoms with Gasteiger partial charge in [-0.2, -0.15) is 4.68 Å². The maximum absolute atomic E-state index is 12.8. The Bertz CT molecular complexity index is 827. The van der Waals surface area contributed by atoms with Crippen LogP contribution in [0.2, 0.25) is 0 Å². The maximum Gasteiger partial charge on any atom is 0.254 e. The molecule has 0 aromatic carbocycles. The molecule has 116 valence electrons. The highest BCUT2D eigenvalue weighted by Crippen LogP contribution is 2.37. The third-order valence-electron chi connectivity index (χ3n) is 3.89. The minimum absolute atomic E-state index is 0.0771. The molecule has 0 saturated carbocycles. The molecule has 3 heterocycles. The zero-order chi connectivity index (χ0) is 15.6. The first-order valence-corrected chi connectivity index (χ1v) is 8.19. The minimum Gasteiger partial charge on any atom is -0.348 e. The largest absolute Gasteiger partial charge is 0.348 e. The fourth-order valence-corrected chi connectivity index (χ4v) is 4.11. The molecule has 0 spiro atoms. The molecule has 3 aromatic heterocycles.